The van der Waals surface area contributed by atoms with E-state index in [0.29, 0.717) is 41.5 Å². The quantitative estimate of drug-likeness (QED) is 0.253. The van der Waals surface area contributed by atoms with Gasteiger partial charge < -0.3 is 20.7 Å². The van der Waals surface area contributed by atoms with Crippen LogP contribution in [0.5, 0.6) is 0 Å². The number of benzene rings is 1. The second-order valence-corrected chi connectivity index (χ2v) is 17.4. The molecule has 1 saturated heterocycles. The van der Waals surface area contributed by atoms with E-state index in [1.807, 2.05) is 0 Å². The van der Waals surface area contributed by atoms with Gasteiger partial charge in [-0.15, -0.1) is 0 Å². The SMILES string of the molecule is Cc1ccc([C@H]2CC[C@H](C)CN2C(=O)C(=O)Nc2cnc(N)c3cnn(COCC[Si](C)(C)C)c23)cc1C. The van der Waals surface area contributed by atoms with Crippen LogP contribution in [-0.2, 0) is 21.1 Å². The van der Waals surface area contributed by atoms with Crippen molar-refractivity contribution in [1.82, 2.24) is 19.7 Å². The van der Waals surface area contributed by atoms with Crippen LogP contribution in [0.3, 0.4) is 0 Å². The minimum atomic E-state index is -1.23. The average Bonchev–Trinajstić information content (AvgIpc) is 3.29. The Bertz CT molecular complexity index is 1330. The summed E-state index contributed by atoms with van der Waals surface area (Å²) in [6, 6.07) is 7.16. The average molecular weight is 537 g/mol. The van der Waals surface area contributed by atoms with E-state index in [2.05, 4.69) is 74.0 Å². The van der Waals surface area contributed by atoms with Gasteiger partial charge in [-0.2, -0.15) is 5.10 Å². The zero-order valence-corrected chi connectivity index (χ0v) is 24.4. The summed E-state index contributed by atoms with van der Waals surface area (Å²) in [6.07, 6.45) is 4.90. The summed E-state index contributed by atoms with van der Waals surface area (Å²) in [6.45, 7) is 14.5. The van der Waals surface area contributed by atoms with E-state index in [0.717, 1.165) is 24.4 Å². The van der Waals surface area contributed by atoms with E-state index in [1.165, 1.54) is 17.3 Å². The Hall–Kier alpha value is -3.24. The summed E-state index contributed by atoms with van der Waals surface area (Å²) in [5, 5.41) is 7.81. The van der Waals surface area contributed by atoms with Crippen LogP contribution < -0.4 is 11.1 Å². The van der Waals surface area contributed by atoms with Crippen LogP contribution >= 0.6 is 0 Å². The summed E-state index contributed by atoms with van der Waals surface area (Å²) in [4.78, 5) is 32.8. The highest BCUT2D eigenvalue weighted by Gasteiger charge is 2.34. The van der Waals surface area contributed by atoms with E-state index >= 15 is 0 Å². The molecule has 4 rings (SSSR count). The second kappa shape index (κ2) is 11.2. The first-order chi connectivity index (χ1) is 17.9. The van der Waals surface area contributed by atoms with Crippen molar-refractivity contribution in [2.45, 2.75) is 72.1 Å². The van der Waals surface area contributed by atoms with Gasteiger partial charge in [0.2, 0.25) is 0 Å². The van der Waals surface area contributed by atoms with E-state index in [1.54, 1.807) is 15.8 Å². The number of aromatic nitrogens is 3. The summed E-state index contributed by atoms with van der Waals surface area (Å²) in [7, 11) is -1.23. The molecule has 10 heteroatoms. The van der Waals surface area contributed by atoms with Crippen molar-refractivity contribution in [2.24, 2.45) is 5.92 Å². The Labute approximate surface area is 225 Å². The molecule has 2 amide bonds. The van der Waals surface area contributed by atoms with Gasteiger partial charge in [-0.05, 0) is 55.3 Å². The number of nitrogens with zero attached hydrogens (tertiary/aromatic N) is 4. The molecule has 3 aromatic rings. The van der Waals surface area contributed by atoms with Crippen LogP contribution in [0.2, 0.25) is 25.7 Å². The van der Waals surface area contributed by atoms with Crippen molar-refractivity contribution in [3.05, 3.63) is 47.3 Å². The Balaban J connectivity index is 1.55. The predicted octanol–water partition coefficient (Wildman–Crippen LogP) is 4.88. The molecule has 0 radical (unpaired) electrons. The smallest absolute Gasteiger partial charge is 0.314 e. The fourth-order valence-electron chi connectivity index (χ4n) is 4.84. The van der Waals surface area contributed by atoms with Crippen LogP contribution in [0, 0.1) is 19.8 Å². The van der Waals surface area contributed by atoms with Crippen LogP contribution in [-0.4, -0.2) is 52.7 Å². The van der Waals surface area contributed by atoms with Crippen LogP contribution in [0.4, 0.5) is 11.5 Å². The molecule has 0 unspecified atom stereocenters. The molecule has 2 atom stereocenters. The van der Waals surface area contributed by atoms with Crippen LogP contribution in [0.1, 0.15) is 42.5 Å². The second-order valence-electron chi connectivity index (χ2n) is 11.8. The van der Waals surface area contributed by atoms with Crippen molar-refractivity contribution in [1.29, 1.82) is 0 Å². The lowest BCUT2D eigenvalue weighted by Crippen LogP contribution is -2.46. The normalized spacial score (nSPS) is 18.1. The summed E-state index contributed by atoms with van der Waals surface area (Å²) >= 11 is 0. The summed E-state index contributed by atoms with van der Waals surface area (Å²) in [5.41, 5.74) is 10.5. The number of nitrogens with two attached hydrogens (primary N) is 1. The lowest BCUT2D eigenvalue weighted by atomic mass is 9.88. The zero-order chi connectivity index (χ0) is 27.6. The van der Waals surface area contributed by atoms with Gasteiger partial charge in [-0.1, -0.05) is 44.8 Å². The van der Waals surface area contributed by atoms with Gasteiger partial charge in [-0.3, -0.25) is 9.59 Å². The topological polar surface area (TPSA) is 115 Å². The van der Waals surface area contributed by atoms with Gasteiger partial charge >= 0.3 is 11.8 Å². The first-order valence-electron chi connectivity index (χ1n) is 13.3. The van der Waals surface area contributed by atoms with Crippen molar-refractivity contribution in [3.63, 3.8) is 0 Å². The maximum Gasteiger partial charge on any atom is 0.314 e. The molecule has 204 valence electrons. The minimum Gasteiger partial charge on any atom is -0.383 e. The maximum atomic E-state index is 13.5. The molecule has 3 heterocycles. The van der Waals surface area contributed by atoms with E-state index < -0.39 is 19.9 Å². The third-order valence-electron chi connectivity index (χ3n) is 7.35. The predicted molar refractivity (Wildman–Crippen MR) is 153 cm³/mol. The third kappa shape index (κ3) is 6.24. The molecule has 1 aliphatic rings. The molecule has 1 aliphatic heterocycles. The van der Waals surface area contributed by atoms with E-state index in [-0.39, 0.29) is 12.8 Å². The summed E-state index contributed by atoms with van der Waals surface area (Å²) < 4.78 is 7.53. The Morgan fingerprint density at radius 3 is 2.63 bits per heavy atom. The molecule has 0 bridgehead atoms. The van der Waals surface area contributed by atoms with Crippen molar-refractivity contribution >= 4 is 42.3 Å². The molecule has 1 fully saturated rings. The molecule has 0 saturated carbocycles. The highest BCUT2D eigenvalue weighted by molar-refractivity contribution is 6.76. The number of aryl methyl sites for hydroxylation is 2. The van der Waals surface area contributed by atoms with Gasteiger partial charge in [0.15, 0.2) is 0 Å². The largest absolute Gasteiger partial charge is 0.383 e. The van der Waals surface area contributed by atoms with Crippen molar-refractivity contribution in [2.75, 3.05) is 24.2 Å². The van der Waals surface area contributed by atoms with E-state index in [9.17, 15) is 9.59 Å². The number of piperidine rings is 1. The lowest BCUT2D eigenvalue weighted by molar-refractivity contribution is -0.146. The molecule has 3 N–H and O–H groups in total. The van der Waals surface area contributed by atoms with Crippen LogP contribution in [0.15, 0.2) is 30.6 Å². The van der Waals surface area contributed by atoms with Gasteiger partial charge in [0.25, 0.3) is 0 Å². The fourth-order valence-corrected chi connectivity index (χ4v) is 5.60. The molecule has 2 aromatic heterocycles. The number of anilines is 2. The monoisotopic (exact) mass is 536 g/mol. The number of carbonyl (C=O) groups is 2. The zero-order valence-electron chi connectivity index (χ0n) is 23.4. The van der Waals surface area contributed by atoms with E-state index in [4.69, 9.17) is 10.5 Å². The summed E-state index contributed by atoms with van der Waals surface area (Å²) in [5.74, 6) is -0.637. The number of nitrogen functional groups attached to an aromatic ring is 1. The number of amides is 2. The van der Waals surface area contributed by atoms with Gasteiger partial charge in [0.1, 0.15) is 12.5 Å². The van der Waals surface area contributed by atoms with Gasteiger partial charge in [-0.25, -0.2) is 9.67 Å². The maximum absolute atomic E-state index is 13.5. The molecular weight excluding hydrogens is 496 g/mol. The molecule has 0 spiro atoms. The highest BCUT2D eigenvalue weighted by atomic mass is 28.3. The van der Waals surface area contributed by atoms with Gasteiger partial charge in [0, 0.05) is 21.2 Å². The Morgan fingerprint density at radius 2 is 1.92 bits per heavy atom. The molecule has 0 aliphatic carbocycles. The number of ether oxygens (including phenoxy) is 1. The Kier molecular flexibility index (Phi) is 8.22. The van der Waals surface area contributed by atoms with Crippen molar-refractivity contribution in [3.8, 4) is 0 Å². The number of fused-ring (bicyclic) bond motifs is 1. The van der Waals surface area contributed by atoms with Crippen LogP contribution in [0.25, 0.3) is 10.9 Å². The highest BCUT2D eigenvalue weighted by Crippen LogP contribution is 2.34. The minimum absolute atomic E-state index is 0.140. The number of carbonyl (C=O) groups excluding carboxylic acids is 2. The fraction of sp³-hybridized carbons (Fsp3) is 0.500. The van der Waals surface area contributed by atoms with Crippen molar-refractivity contribution < 1.29 is 14.3 Å². The third-order valence-corrected chi connectivity index (χ3v) is 9.05. The lowest BCUT2D eigenvalue weighted by Gasteiger charge is -2.38. The molecule has 38 heavy (non-hydrogen) atoms. The number of nitrogens with one attached hydrogen (secondary N) is 1. The number of hydrogen-bond donors (Lipinski definition) is 2. The van der Waals surface area contributed by atoms with Gasteiger partial charge in [0.05, 0.1) is 35.0 Å². The first-order valence-corrected chi connectivity index (χ1v) is 17.0. The first kappa shape index (κ1) is 27.8. The molecule has 9 nitrogen and oxygen atoms in total. The standard InChI is InChI=1S/C28H40N6O3Si/c1-18-7-10-24(21-9-8-19(2)20(3)13-21)33(16-18)28(36)27(35)32-23-15-30-26(29)22-14-31-34(25(22)23)17-37-11-12-38(4,5)6/h8-9,13-15,18,24H,7,10-12,16-17H2,1-6H3,(H2,29,30)(H,32,35)/t18-,24+/m0/s1. The number of pyridine rings is 1. The number of hydrogen-bond acceptors (Lipinski definition) is 6. The number of rotatable bonds is 7. The number of likely N-dealkylation sites (tertiary alicyclic amines) is 1. The molecule has 1 aromatic carbocycles. The molecular formula is C28H40N6O3Si. The Morgan fingerprint density at radius 1 is 1.16 bits per heavy atom.